The third kappa shape index (κ3) is 2.09. The average Bonchev–Trinajstić information content (AvgIpc) is 2.16. The molecule has 0 amide bonds. The second-order valence-corrected chi connectivity index (χ2v) is 3.02. The lowest BCUT2D eigenvalue weighted by Crippen LogP contribution is -2.00. The van der Waals surface area contributed by atoms with Crippen molar-refractivity contribution in [3.8, 4) is 0 Å². The quantitative estimate of drug-likeness (QED) is 0.399. The summed E-state index contributed by atoms with van der Waals surface area (Å²) in [6.07, 6.45) is 0. The maximum absolute atomic E-state index is 11.6. The maximum atomic E-state index is 11.6. The average molecular weight is 193 g/mol. The fraction of sp³-hybridized carbons (Fsp3) is 0.0909. The topological polar surface area (TPSA) is 17.1 Å². The zero-order chi connectivity index (χ0) is 9.84. The molecule has 0 spiro atoms. The lowest BCUT2D eigenvalue weighted by molar-refractivity contribution is 0.103. The van der Waals surface area contributed by atoms with E-state index in [1.165, 1.54) is 0 Å². The second-order valence-electron chi connectivity index (χ2n) is 2.61. The fourth-order valence-electron chi connectivity index (χ4n) is 0.928. The van der Waals surface area contributed by atoms with Crippen LogP contribution in [0, 0.1) is 0 Å². The van der Waals surface area contributed by atoms with Gasteiger partial charge in [0.05, 0.1) is 5.02 Å². The van der Waals surface area contributed by atoms with Gasteiger partial charge < -0.3 is 0 Å². The van der Waals surface area contributed by atoms with Crippen LogP contribution < -0.4 is 0 Å². The first-order valence-corrected chi connectivity index (χ1v) is 4.20. The van der Waals surface area contributed by atoms with Gasteiger partial charge in [-0.2, -0.15) is 0 Å². The van der Waals surface area contributed by atoms with Crippen LogP contribution in [0.3, 0.4) is 0 Å². The normalized spacial score (nSPS) is 9.08. The number of rotatable bonds is 2. The standard InChI is InChI=1S/C11H9ClO/c1-3-8(2)11(13)9-6-4-5-7-10(9)12/h4-7H,1H2,2H3. The Hall–Kier alpha value is -1.30. The van der Waals surface area contributed by atoms with E-state index in [0.29, 0.717) is 16.2 Å². The molecule has 0 radical (unpaired) electrons. The van der Waals surface area contributed by atoms with Crippen LogP contribution in [-0.2, 0) is 0 Å². The third-order valence-corrected chi connectivity index (χ3v) is 2.05. The molecule has 66 valence electrons. The molecule has 0 fully saturated rings. The minimum absolute atomic E-state index is 0.124. The molecule has 0 saturated carbocycles. The van der Waals surface area contributed by atoms with Crippen molar-refractivity contribution in [1.29, 1.82) is 0 Å². The maximum Gasteiger partial charge on any atom is 0.197 e. The van der Waals surface area contributed by atoms with Crippen molar-refractivity contribution >= 4 is 17.4 Å². The second kappa shape index (κ2) is 4.08. The minimum atomic E-state index is -0.124. The summed E-state index contributed by atoms with van der Waals surface area (Å²) < 4.78 is 0. The van der Waals surface area contributed by atoms with Crippen molar-refractivity contribution in [3.05, 3.63) is 52.7 Å². The van der Waals surface area contributed by atoms with Crippen molar-refractivity contribution < 1.29 is 4.79 Å². The summed E-state index contributed by atoms with van der Waals surface area (Å²) in [7, 11) is 0. The molecule has 0 atom stereocenters. The Morgan fingerprint density at radius 2 is 2.08 bits per heavy atom. The first-order chi connectivity index (χ1) is 6.16. The molecule has 1 aromatic rings. The van der Waals surface area contributed by atoms with E-state index in [1.807, 2.05) is 0 Å². The Bertz CT molecular complexity index is 387. The van der Waals surface area contributed by atoms with E-state index in [0.717, 1.165) is 0 Å². The predicted octanol–water partition coefficient (Wildman–Crippen LogP) is 3.25. The number of Topliss-reactive ketones (excluding diaryl/α,β-unsaturated/α-hetero) is 1. The van der Waals surface area contributed by atoms with Gasteiger partial charge in [0.25, 0.3) is 0 Å². The van der Waals surface area contributed by atoms with Gasteiger partial charge in [-0.05, 0) is 19.1 Å². The number of allylic oxidation sites excluding steroid dienone is 1. The third-order valence-electron chi connectivity index (χ3n) is 1.72. The SMILES string of the molecule is C=C=C(C)C(=O)c1ccccc1Cl. The lowest BCUT2D eigenvalue weighted by Gasteiger charge is -2.00. The van der Waals surface area contributed by atoms with Crippen molar-refractivity contribution in [3.63, 3.8) is 0 Å². The molecule has 0 aliphatic carbocycles. The minimum Gasteiger partial charge on any atom is -0.288 e. The summed E-state index contributed by atoms with van der Waals surface area (Å²) in [6.45, 7) is 5.08. The highest BCUT2D eigenvalue weighted by molar-refractivity contribution is 6.34. The molecular weight excluding hydrogens is 184 g/mol. The van der Waals surface area contributed by atoms with Gasteiger partial charge in [-0.3, -0.25) is 4.79 Å². The van der Waals surface area contributed by atoms with Gasteiger partial charge in [0.2, 0.25) is 0 Å². The highest BCUT2D eigenvalue weighted by atomic mass is 35.5. The van der Waals surface area contributed by atoms with E-state index in [9.17, 15) is 4.79 Å². The lowest BCUT2D eigenvalue weighted by atomic mass is 10.1. The van der Waals surface area contributed by atoms with Gasteiger partial charge >= 0.3 is 0 Å². The van der Waals surface area contributed by atoms with Crippen LogP contribution in [0.2, 0.25) is 5.02 Å². The zero-order valence-corrected chi connectivity index (χ0v) is 8.06. The first-order valence-electron chi connectivity index (χ1n) is 3.82. The van der Waals surface area contributed by atoms with Crippen LogP contribution in [0.15, 0.2) is 42.1 Å². The van der Waals surface area contributed by atoms with Crippen LogP contribution in [0.4, 0.5) is 0 Å². The molecule has 0 aromatic heterocycles. The molecule has 13 heavy (non-hydrogen) atoms. The number of carbonyl (C=O) groups excluding carboxylic acids is 1. The van der Waals surface area contributed by atoms with Crippen LogP contribution in [0.25, 0.3) is 0 Å². The molecule has 1 nitrogen and oxygen atoms in total. The number of carbonyl (C=O) groups is 1. The molecule has 0 unspecified atom stereocenters. The number of benzene rings is 1. The van der Waals surface area contributed by atoms with Crippen LogP contribution in [-0.4, -0.2) is 5.78 Å². The summed E-state index contributed by atoms with van der Waals surface area (Å²) in [4.78, 5) is 11.6. The summed E-state index contributed by atoms with van der Waals surface area (Å²) in [6, 6.07) is 6.93. The molecule has 0 saturated heterocycles. The number of halogens is 1. The van der Waals surface area contributed by atoms with Gasteiger partial charge in [-0.25, -0.2) is 0 Å². The number of hydrogen-bond acceptors (Lipinski definition) is 1. The van der Waals surface area contributed by atoms with E-state index in [1.54, 1.807) is 31.2 Å². The number of ketones is 1. The van der Waals surface area contributed by atoms with E-state index in [2.05, 4.69) is 12.3 Å². The van der Waals surface area contributed by atoms with E-state index < -0.39 is 0 Å². The summed E-state index contributed by atoms with van der Waals surface area (Å²) in [5.74, 6) is -0.124. The molecular formula is C11H9ClO. The van der Waals surface area contributed by atoms with Crippen molar-refractivity contribution in [2.24, 2.45) is 0 Å². The van der Waals surface area contributed by atoms with E-state index in [-0.39, 0.29) is 5.78 Å². The molecule has 1 aromatic carbocycles. The Morgan fingerprint density at radius 1 is 1.46 bits per heavy atom. The van der Waals surface area contributed by atoms with E-state index in [4.69, 9.17) is 11.6 Å². The summed E-state index contributed by atoms with van der Waals surface area (Å²) >= 11 is 5.84. The molecule has 0 aliphatic rings. The van der Waals surface area contributed by atoms with Crippen molar-refractivity contribution in [1.82, 2.24) is 0 Å². The Balaban J connectivity index is 3.17. The molecule has 1 rings (SSSR count). The van der Waals surface area contributed by atoms with Gasteiger partial charge in [0.15, 0.2) is 5.78 Å². The van der Waals surface area contributed by atoms with Gasteiger partial charge in [-0.15, -0.1) is 5.73 Å². The fourth-order valence-corrected chi connectivity index (χ4v) is 1.15. The first kappa shape index (κ1) is 9.79. The van der Waals surface area contributed by atoms with Gasteiger partial charge in [-0.1, -0.05) is 30.3 Å². The Labute approximate surface area is 82.3 Å². The highest BCUT2D eigenvalue weighted by Crippen LogP contribution is 2.17. The molecule has 0 bridgehead atoms. The zero-order valence-electron chi connectivity index (χ0n) is 7.30. The molecule has 2 heteroatoms. The Morgan fingerprint density at radius 3 is 2.62 bits per heavy atom. The van der Waals surface area contributed by atoms with Gasteiger partial charge in [0.1, 0.15) is 0 Å². The summed E-state index contributed by atoms with van der Waals surface area (Å²) in [5, 5.41) is 0.460. The number of hydrogen-bond donors (Lipinski definition) is 0. The van der Waals surface area contributed by atoms with E-state index >= 15 is 0 Å². The van der Waals surface area contributed by atoms with Crippen molar-refractivity contribution in [2.45, 2.75) is 6.92 Å². The van der Waals surface area contributed by atoms with Gasteiger partial charge in [0, 0.05) is 11.1 Å². The largest absolute Gasteiger partial charge is 0.288 e. The monoisotopic (exact) mass is 192 g/mol. The van der Waals surface area contributed by atoms with Crippen molar-refractivity contribution in [2.75, 3.05) is 0 Å². The molecule has 0 heterocycles. The molecule has 0 N–H and O–H groups in total. The van der Waals surface area contributed by atoms with Crippen LogP contribution in [0.5, 0.6) is 0 Å². The summed E-state index contributed by atoms with van der Waals surface area (Å²) in [5.41, 5.74) is 3.53. The molecule has 0 aliphatic heterocycles. The Kier molecular flexibility index (Phi) is 3.07. The highest BCUT2D eigenvalue weighted by Gasteiger charge is 2.10. The van der Waals surface area contributed by atoms with Crippen LogP contribution in [0.1, 0.15) is 17.3 Å². The van der Waals surface area contributed by atoms with Crippen LogP contribution >= 0.6 is 11.6 Å². The smallest absolute Gasteiger partial charge is 0.197 e. The predicted molar refractivity (Wildman–Crippen MR) is 54.1 cm³/mol.